The molecule has 0 heterocycles. The lowest BCUT2D eigenvalue weighted by Gasteiger charge is -2.26. The predicted octanol–water partition coefficient (Wildman–Crippen LogP) is 1.59. The molecule has 0 unspecified atom stereocenters. The highest BCUT2D eigenvalue weighted by atomic mass is 35.5. The van der Waals surface area contributed by atoms with Crippen molar-refractivity contribution in [1.29, 1.82) is 5.41 Å². The van der Waals surface area contributed by atoms with Crippen LogP contribution in [-0.2, 0) is 0 Å². The summed E-state index contributed by atoms with van der Waals surface area (Å²) < 4.78 is 0. The highest BCUT2D eigenvalue weighted by Crippen LogP contribution is 2.34. The van der Waals surface area contributed by atoms with Crippen molar-refractivity contribution in [2.75, 3.05) is 18.1 Å². The Morgan fingerprint density at radius 1 is 1.53 bits per heavy atom. The van der Waals surface area contributed by atoms with E-state index in [4.69, 9.17) is 27.9 Å². The molecule has 0 radical (unpaired) electrons. The smallest absolute Gasteiger partial charge is 0.124 e. The van der Waals surface area contributed by atoms with Crippen molar-refractivity contribution in [3.8, 4) is 0 Å². The number of amidine groups is 1. The molecule has 0 spiro atoms. The first kappa shape index (κ1) is 12.2. The van der Waals surface area contributed by atoms with Crippen molar-refractivity contribution in [2.45, 2.75) is 18.9 Å². The molecule has 1 aliphatic rings. The van der Waals surface area contributed by atoms with Crippen molar-refractivity contribution in [2.24, 2.45) is 5.73 Å². The van der Waals surface area contributed by atoms with E-state index in [0.717, 1.165) is 18.5 Å². The van der Waals surface area contributed by atoms with Gasteiger partial charge in [-0.3, -0.25) is 5.41 Å². The van der Waals surface area contributed by atoms with E-state index in [1.54, 1.807) is 12.1 Å². The summed E-state index contributed by atoms with van der Waals surface area (Å²) in [6.45, 7) is 0.631. The van der Waals surface area contributed by atoms with Crippen LogP contribution in [-0.4, -0.2) is 30.1 Å². The molecule has 5 heteroatoms. The van der Waals surface area contributed by atoms with Crippen LogP contribution in [0.15, 0.2) is 18.2 Å². The van der Waals surface area contributed by atoms with E-state index in [0.29, 0.717) is 23.2 Å². The molecular formula is C12H16ClN3O. The average Bonchev–Trinajstić information content (AvgIpc) is 3.09. The van der Waals surface area contributed by atoms with Gasteiger partial charge in [0.05, 0.1) is 6.61 Å². The third-order valence-electron chi connectivity index (χ3n) is 2.89. The van der Waals surface area contributed by atoms with Crippen LogP contribution in [0, 0.1) is 5.41 Å². The number of nitrogens with one attached hydrogen (secondary N) is 1. The Morgan fingerprint density at radius 3 is 2.76 bits per heavy atom. The molecule has 0 atom stereocenters. The monoisotopic (exact) mass is 253 g/mol. The molecule has 0 bridgehead atoms. The second kappa shape index (κ2) is 4.94. The first-order chi connectivity index (χ1) is 8.13. The van der Waals surface area contributed by atoms with E-state index >= 15 is 0 Å². The van der Waals surface area contributed by atoms with Gasteiger partial charge in [-0.25, -0.2) is 0 Å². The molecule has 0 aliphatic heterocycles. The number of nitrogens with zero attached hydrogens (tertiary/aromatic N) is 1. The number of nitrogen functional groups attached to an aromatic ring is 1. The predicted molar refractivity (Wildman–Crippen MR) is 69.9 cm³/mol. The van der Waals surface area contributed by atoms with Gasteiger partial charge in [0.15, 0.2) is 0 Å². The summed E-state index contributed by atoms with van der Waals surface area (Å²) in [6.07, 6.45) is 2.23. The Kier molecular flexibility index (Phi) is 3.54. The lowest BCUT2D eigenvalue weighted by Crippen LogP contribution is -2.31. The molecule has 4 N–H and O–H groups in total. The third-order valence-corrected chi connectivity index (χ3v) is 3.12. The SMILES string of the molecule is N=C(N)c1ccc(Cl)cc1N(CCO)C1CC1. The van der Waals surface area contributed by atoms with Gasteiger partial charge in [0.25, 0.3) is 0 Å². The maximum absolute atomic E-state index is 9.11. The van der Waals surface area contributed by atoms with Gasteiger partial charge in [0.2, 0.25) is 0 Å². The largest absolute Gasteiger partial charge is 0.395 e. The minimum Gasteiger partial charge on any atom is -0.395 e. The average molecular weight is 254 g/mol. The van der Waals surface area contributed by atoms with E-state index in [9.17, 15) is 0 Å². The molecular weight excluding hydrogens is 238 g/mol. The summed E-state index contributed by atoms with van der Waals surface area (Å²) in [6, 6.07) is 5.74. The van der Waals surface area contributed by atoms with Gasteiger partial charge in [0.1, 0.15) is 5.84 Å². The molecule has 0 aromatic heterocycles. The van der Waals surface area contributed by atoms with Crippen LogP contribution in [0.3, 0.4) is 0 Å². The molecule has 92 valence electrons. The van der Waals surface area contributed by atoms with E-state index in [1.165, 1.54) is 0 Å². The van der Waals surface area contributed by atoms with Crippen molar-refractivity contribution < 1.29 is 5.11 Å². The number of aliphatic hydroxyl groups is 1. The van der Waals surface area contributed by atoms with Crippen molar-refractivity contribution in [1.82, 2.24) is 0 Å². The third kappa shape index (κ3) is 2.70. The number of halogens is 1. The summed E-state index contributed by atoms with van der Waals surface area (Å²) >= 11 is 5.99. The quantitative estimate of drug-likeness (QED) is 0.551. The molecule has 1 fully saturated rings. The fourth-order valence-corrected chi connectivity index (χ4v) is 2.13. The Bertz CT molecular complexity index is 432. The molecule has 0 saturated heterocycles. The van der Waals surface area contributed by atoms with Gasteiger partial charge in [-0.2, -0.15) is 0 Å². The number of anilines is 1. The van der Waals surface area contributed by atoms with Gasteiger partial charge in [-0.1, -0.05) is 11.6 Å². The molecule has 0 amide bonds. The lowest BCUT2D eigenvalue weighted by atomic mass is 10.1. The summed E-state index contributed by atoms with van der Waals surface area (Å²) in [7, 11) is 0. The Morgan fingerprint density at radius 2 is 2.24 bits per heavy atom. The number of hydrogen-bond donors (Lipinski definition) is 3. The fraction of sp³-hybridized carbons (Fsp3) is 0.417. The van der Waals surface area contributed by atoms with E-state index in [2.05, 4.69) is 4.90 Å². The second-order valence-corrected chi connectivity index (χ2v) is 4.66. The normalized spacial score (nSPS) is 14.7. The second-order valence-electron chi connectivity index (χ2n) is 4.22. The molecule has 4 nitrogen and oxygen atoms in total. The van der Waals surface area contributed by atoms with Crippen molar-refractivity contribution >= 4 is 23.1 Å². The van der Waals surface area contributed by atoms with Gasteiger partial charge >= 0.3 is 0 Å². The van der Waals surface area contributed by atoms with Crippen LogP contribution in [0.5, 0.6) is 0 Å². The van der Waals surface area contributed by atoms with E-state index in [-0.39, 0.29) is 12.4 Å². The van der Waals surface area contributed by atoms with Gasteiger partial charge < -0.3 is 15.7 Å². The number of benzene rings is 1. The van der Waals surface area contributed by atoms with Crippen molar-refractivity contribution in [3.05, 3.63) is 28.8 Å². The van der Waals surface area contributed by atoms with Crippen LogP contribution in [0.4, 0.5) is 5.69 Å². The maximum atomic E-state index is 9.11. The van der Waals surface area contributed by atoms with Crippen LogP contribution in [0.2, 0.25) is 5.02 Å². The van der Waals surface area contributed by atoms with Crippen LogP contribution >= 0.6 is 11.6 Å². The summed E-state index contributed by atoms with van der Waals surface area (Å²) in [5.74, 6) is 0.0280. The number of nitrogens with two attached hydrogens (primary N) is 1. The van der Waals surface area contributed by atoms with Crippen molar-refractivity contribution in [3.63, 3.8) is 0 Å². The van der Waals surface area contributed by atoms with Gasteiger partial charge in [-0.05, 0) is 31.0 Å². The zero-order valence-electron chi connectivity index (χ0n) is 9.49. The van der Waals surface area contributed by atoms with Crippen LogP contribution in [0.1, 0.15) is 18.4 Å². The van der Waals surface area contributed by atoms with Gasteiger partial charge in [0, 0.05) is 28.9 Å². The Labute approximate surface area is 105 Å². The molecule has 1 aromatic carbocycles. The van der Waals surface area contributed by atoms with Crippen LogP contribution < -0.4 is 10.6 Å². The maximum Gasteiger partial charge on any atom is 0.124 e. The minimum absolute atomic E-state index is 0.0280. The van der Waals surface area contributed by atoms with Crippen LogP contribution in [0.25, 0.3) is 0 Å². The molecule has 1 saturated carbocycles. The summed E-state index contributed by atoms with van der Waals surface area (Å²) in [5.41, 5.74) is 7.09. The zero-order chi connectivity index (χ0) is 12.4. The molecule has 1 aliphatic carbocycles. The number of rotatable bonds is 5. The highest BCUT2D eigenvalue weighted by molar-refractivity contribution is 6.31. The van der Waals surface area contributed by atoms with E-state index in [1.807, 2.05) is 6.07 Å². The molecule has 2 rings (SSSR count). The molecule has 17 heavy (non-hydrogen) atoms. The zero-order valence-corrected chi connectivity index (χ0v) is 10.2. The van der Waals surface area contributed by atoms with E-state index < -0.39 is 0 Å². The number of aliphatic hydroxyl groups excluding tert-OH is 1. The molecule has 1 aromatic rings. The number of hydrogen-bond acceptors (Lipinski definition) is 3. The van der Waals surface area contributed by atoms with Gasteiger partial charge in [-0.15, -0.1) is 0 Å². The lowest BCUT2D eigenvalue weighted by molar-refractivity contribution is 0.301. The standard InChI is InChI=1S/C12H16ClN3O/c13-8-1-4-10(12(14)15)11(7-8)16(5-6-17)9-2-3-9/h1,4,7,9,17H,2-3,5-6H2,(H3,14,15). The highest BCUT2D eigenvalue weighted by Gasteiger charge is 2.30. The fourth-order valence-electron chi connectivity index (χ4n) is 1.96. The minimum atomic E-state index is 0.0280. The topological polar surface area (TPSA) is 73.3 Å². The first-order valence-electron chi connectivity index (χ1n) is 5.65. The Balaban J connectivity index is 2.39. The first-order valence-corrected chi connectivity index (χ1v) is 6.02. The summed E-state index contributed by atoms with van der Waals surface area (Å²) in [4.78, 5) is 2.09. The summed E-state index contributed by atoms with van der Waals surface area (Å²) in [5, 5.41) is 17.3. The Hall–Kier alpha value is -1.26.